The number of terminal acetylenes is 1. The van der Waals surface area contributed by atoms with Gasteiger partial charge >= 0.3 is 0 Å². The zero-order valence-corrected chi connectivity index (χ0v) is 4.77. The first-order valence-electron chi connectivity index (χ1n) is 1.53. The molecule has 0 radical (unpaired) electrons. The van der Waals surface area contributed by atoms with Crippen LogP contribution in [0.15, 0.2) is 0 Å². The van der Waals surface area contributed by atoms with Crippen molar-refractivity contribution in [2.75, 3.05) is 0 Å². The Morgan fingerprint density at radius 2 is 2.50 bits per heavy atom. The monoisotopic (exact) mass is 148 g/mol. The molecule has 0 aromatic rings. The van der Waals surface area contributed by atoms with Gasteiger partial charge in [0, 0.05) is 6.42 Å². The minimum absolute atomic E-state index is 0.375. The maximum absolute atomic E-state index is 8.33. The van der Waals surface area contributed by atoms with E-state index in [9.17, 15) is 0 Å². The lowest BCUT2D eigenvalue weighted by molar-refractivity contribution is 0.276. The van der Waals surface area contributed by atoms with Crippen LogP contribution in [0.25, 0.3) is 0 Å². The van der Waals surface area contributed by atoms with E-state index in [4.69, 9.17) is 11.5 Å². The predicted octanol–water partition coefficient (Wildman–Crippen LogP) is 0.723. The second-order valence-electron chi connectivity index (χ2n) is 0.843. The number of halogens is 1. The molecular formula is C4H5BrO. The fourth-order valence-corrected chi connectivity index (χ4v) is 0.284. The minimum Gasteiger partial charge on any atom is -0.381 e. The highest BCUT2D eigenvalue weighted by Crippen LogP contribution is 1.95. The molecule has 0 aliphatic heterocycles. The third-order valence-corrected chi connectivity index (χ3v) is 0.610. The summed E-state index contributed by atoms with van der Waals surface area (Å²) in [7, 11) is 0. The van der Waals surface area contributed by atoms with Gasteiger partial charge in [-0.3, -0.25) is 0 Å². The van der Waals surface area contributed by atoms with E-state index >= 15 is 0 Å². The Kier molecular flexibility index (Phi) is 3.20. The van der Waals surface area contributed by atoms with E-state index in [0.717, 1.165) is 0 Å². The average Bonchev–Trinajstić information content (AvgIpc) is 1.35. The van der Waals surface area contributed by atoms with E-state index in [0.29, 0.717) is 6.42 Å². The Labute approximate surface area is 45.5 Å². The molecule has 0 fully saturated rings. The van der Waals surface area contributed by atoms with Crippen LogP contribution in [-0.2, 0) is 0 Å². The highest BCUT2D eigenvalue weighted by molar-refractivity contribution is 9.09. The third kappa shape index (κ3) is 4.00. The number of rotatable bonds is 1. The summed E-state index contributed by atoms with van der Waals surface area (Å²) < 4.78 is 0. The van der Waals surface area contributed by atoms with Crippen LogP contribution in [0.1, 0.15) is 6.42 Å². The molecule has 2 heteroatoms. The van der Waals surface area contributed by atoms with Crippen LogP contribution in [0.5, 0.6) is 0 Å². The van der Waals surface area contributed by atoms with Crippen molar-refractivity contribution in [2.45, 2.75) is 11.4 Å². The third-order valence-electron chi connectivity index (χ3n) is 0.286. The quantitative estimate of drug-likeness (QED) is 0.430. The lowest BCUT2D eigenvalue weighted by Crippen LogP contribution is -1.89. The van der Waals surface area contributed by atoms with Crippen LogP contribution in [0.3, 0.4) is 0 Å². The molecule has 34 valence electrons. The van der Waals surface area contributed by atoms with Gasteiger partial charge in [-0.25, -0.2) is 0 Å². The van der Waals surface area contributed by atoms with Crippen molar-refractivity contribution in [1.29, 1.82) is 0 Å². The van der Waals surface area contributed by atoms with Gasteiger partial charge in [0.2, 0.25) is 0 Å². The van der Waals surface area contributed by atoms with Crippen LogP contribution in [-0.4, -0.2) is 10.1 Å². The normalized spacial score (nSPS) is 12.8. The first-order valence-corrected chi connectivity index (χ1v) is 2.44. The zero-order valence-electron chi connectivity index (χ0n) is 3.19. The molecule has 0 aromatic carbocycles. The lowest BCUT2D eigenvalue weighted by Gasteiger charge is -1.87. The van der Waals surface area contributed by atoms with E-state index in [2.05, 4.69) is 21.9 Å². The lowest BCUT2D eigenvalue weighted by atomic mass is 10.5. The van der Waals surface area contributed by atoms with E-state index < -0.39 is 5.01 Å². The smallest absolute Gasteiger partial charge is 0.119 e. The molecular weight excluding hydrogens is 144 g/mol. The summed E-state index contributed by atoms with van der Waals surface area (Å²) >= 11 is 2.85. The Bertz CT molecular complexity index is 62.4. The van der Waals surface area contributed by atoms with Crippen LogP contribution in [0.4, 0.5) is 0 Å². The van der Waals surface area contributed by atoms with Gasteiger partial charge in [0.1, 0.15) is 5.01 Å². The molecule has 0 spiro atoms. The van der Waals surface area contributed by atoms with Crippen molar-refractivity contribution in [2.24, 2.45) is 0 Å². The minimum atomic E-state index is -0.525. The maximum atomic E-state index is 8.33. The standard InChI is InChI=1S/C4H5BrO/c1-2-3-4(5)6/h1,4,6H,3H2. The van der Waals surface area contributed by atoms with E-state index in [1.807, 2.05) is 0 Å². The molecule has 0 heterocycles. The maximum Gasteiger partial charge on any atom is 0.119 e. The van der Waals surface area contributed by atoms with Gasteiger partial charge in [0.15, 0.2) is 0 Å². The zero-order chi connectivity index (χ0) is 4.99. The summed E-state index contributed by atoms with van der Waals surface area (Å²) in [5.41, 5.74) is 0. The SMILES string of the molecule is C#CCC(O)Br. The Morgan fingerprint density at radius 3 is 2.50 bits per heavy atom. The Morgan fingerprint density at radius 1 is 2.00 bits per heavy atom. The van der Waals surface area contributed by atoms with Crippen LogP contribution >= 0.6 is 15.9 Å². The van der Waals surface area contributed by atoms with Gasteiger partial charge in [-0.2, -0.15) is 0 Å². The number of alkyl halides is 1. The topological polar surface area (TPSA) is 20.2 Å². The highest BCUT2D eigenvalue weighted by Gasteiger charge is 1.87. The Hall–Kier alpha value is 0. The predicted molar refractivity (Wildman–Crippen MR) is 28.4 cm³/mol. The first-order chi connectivity index (χ1) is 2.77. The summed E-state index contributed by atoms with van der Waals surface area (Å²) in [6.45, 7) is 0. The van der Waals surface area contributed by atoms with Crippen molar-refractivity contribution < 1.29 is 5.11 Å². The number of aliphatic hydroxyl groups excluding tert-OH is 1. The number of hydrogen-bond acceptors (Lipinski definition) is 1. The van der Waals surface area contributed by atoms with E-state index in [-0.39, 0.29) is 0 Å². The van der Waals surface area contributed by atoms with Gasteiger partial charge in [-0.15, -0.1) is 12.3 Å². The van der Waals surface area contributed by atoms with Crippen molar-refractivity contribution in [1.82, 2.24) is 0 Å². The van der Waals surface area contributed by atoms with Gasteiger partial charge in [0.25, 0.3) is 0 Å². The fourth-order valence-electron chi connectivity index (χ4n) is 0.0972. The summed E-state index contributed by atoms with van der Waals surface area (Å²) in [5.74, 6) is 2.27. The molecule has 0 amide bonds. The second-order valence-corrected chi connectivity index (χ2v) is 1.90. The molecule has 0 bridgehead atoms. The number of aliphatic hydroxyl groups is 1. The van der Waals surface area contributed by atoms with Crippen molar-refractivity contribution in [3.8, 4) is 12.3 Å². The fraction of sp³-hybridized carbons (Fsp3) is 0.500. The van der Waals surface area contributed by atoms with Gasteiger partial charge < -0.3 is 5.11 Å². The molecule has 1 unspecified atom stereocenters. The van der Waals surface area contributed by atoms with E-state index in [1.165, 1.54) is 0 Å². The second kappa shape index (κ2) is 3.20. The molecule has 0 aromatic heterocycles. The average molecular weight is 149 g/mol. The molecule has 0 saturated heterocycles. The summed E-state index contributed by atoms with van der Waals surface area (Å²) in [6.07, 6.45) is 5.16. The van der Waals surface area contributed by atoms with Crippen LogP contribution < -0.4 is 0 Å². The molecule has 0 rings (SSSR count). The first kappa shape index (κ1) is 6.00. The van der Waals surface area contributed by atoms with Crippen molar-refractivity contribution >= 4 is 15.9 Å². The molecule has 1 nitrogen and oxygen atoms in total. The van der Waals surface area contributed by atoms with Gasteiger partial charge in [-0.1, -0.05) is 15.9 Å². The van der Waals surface area contributed by atoms with E-state index in [1.54, 1.807) is 0 Å². The number of hydrogen-bond donors (Lipinski definition) is 1. The Balaban J connectivity index is 2.88. The largest absolute Gasteiger partial charge is 0.381 e. The molecule has 1 atom stereocenters. The van der Waals surface area contributed by atoms with Crippen molar-refractivity contribution in [3.05, 3.63) is 0 Å². The van der Waals surface area contributed by atoms with Gasteiger partial charge in [0.05, 0.1) is 0 Å². The molecule has 0 aliphatic carbocycles. The molecule has 6 heavy (non-hydrogen) atoms. The summed E-state index contributed by atoms with van der Waals surface area (Å²) in [6, 6.07) is 0. The summed E-state index contributed by atoms with van der Waals surface area (Å²) in [4.78, 5) is 0. The highest BCUT2D eigenvalue weighted by atomic mass is 79.9. The van der Waals surface area contributed by atoms with Gasteiger partial charge in [-0.05, 0) is 0 Å². The molecule has 0 aliphatic rings. The summed E-state index contributed by atoms with van der Waals surface area (Å²) in [5, 5.41) is 7.80. The van der Waals surface area contributed by atoms with Crippen LogP contribution in [0, 0.1) is 12.3 Å². The van der Waals surface area contributed by atoms with Crippen molar-refractivity contribution in [3.63, 3.8) is 0 Å². The molecule has 0 saturated carbocycles. The van der Waals surface area contributed by atoms with Crippen LogP contribution in [0.2, 0.25) is 0 Å². The molecule has 1 N–H and O–H groups in total.